The normalized spacial score (nSPS) is 15.5. The summed E-state index contributed by atoms with van der Waals surface area (Å²) in [7, 11) is 0. The Bertz CT molecular complexity index is 711. The fourth-order valence-corrected chi connectivity index (χ4v) is 2.96. The maximum atomic E-state index is 12.5. The van der Waals surface area contributed by atoms with Gasteiger partial charge in [-0.15, -0.1) is 0 Å². The standard InChI is InChI=1S/C13H11Br2N3O2/c14-9-3-7-8(5-17-11(7)4-10(9)15)13(20)18-2-1-16-12(19)6-18/h3-5,17H,1-2,6H2,(H,16,19). The van der Waals surface area contributed by atoms with Crippen LogP contribution in [0.5, 0.6) is 0 Å². The number of amides is 2. The van der Waals surface area contributed by atoms with Crippen LogP contribution >= 0.6 is 31.9 Å². The summed E-state index contributed by atoms with van der Waals surface area (Å²) in [5.41, 5.74) is 1.47. The number of carbonyl (C=O) groups is 2. The Labute approximate surface area is 132 Å². The number of piperazine rings is 1. The molecule has 104 valence electrons. The molecule has 0 bridgehead atoms. The summed E-state index contributed by atoms with van der Waals surface area (Å²) in [6.45, 7) is 1.15. The Morgan fingerprint density at radius 2 is 2.00 bits per heavy atom. The first kappa shape index (κ1) is 13.6. The van der Waals surface area contributed by atoms with Crippen LogP contribution in [-0.4, -0.2) is 41.3 Å². The number of benzene rings is 1. The van der Waals surface area contributed by atoms with Gasteiger partial charge in [-0.25, -0.2) is 0 Å². The number of hydrogen-bond acceptors (Lipinski definition) is 2. The van der Waals surface area contributed by atoms with Gasteiger partial charge in [0.05, 0.1) is 12.1 Å². The quantitative estimate of drug-likeness (QED) is 0.771. The van der Waals surface area contributed by atoms with Crippen LogP contribution in [0, 0.1) is 0 Å². The summed E-state index contributed by atoms with van der Waals surface area (Å²) in [4.78, 5) is 28.6. The molecule has 2 heterocycles. The zero-order valence-electron chi connectivity index (χ0n) is 10.4. The molecular weight excluding hydrogens is 390 g/mol. The van der Waals surface area contributed by atoms with E-state index in [0.717, 1.165) is 19.8 Å². The van der Waals surface area contributed by atoms with Crippen LogP contribution in [0.1, 0.15) is 10.4 Å². The molecule has 1 aliphatic heterocycles. The third-order valence-corrected chi connectivity index (χ3v) is 5.12. The van der Waals surface area contributed by atoms with Crippen LogP contribution in [0.3, 0.4) is 0 Å². The van der Waals surface area contributed by atoms with Gasteiger partial charge in [-0.2, -0.15) is 0 Å². The van der Waals surface area contributed by atoms with Gasteiger partial charge in [0.25, 0.3) is 5.91 Å². The lowest BCUT2D eigenvalue weighted by molar-refractivity contribution is -0.123. The van der Waals surface area contributed by atoms with E-state index in [-0.39, 0.29) is 18.4 Å². The summed E-state index contributed by atoms with van der Waals surface area (Å²) >= 11 is 6.87. The van der Waals surface area contributed by atoms with Crippen LogP contribution in [0.15, 0.2) is 27.3 Å². The molecule has 0 aliphatic carbocycles. The average molecular weight is 401 g/mol. The molecule has 1 saturated heterocycles. The van der Waals surface area contributed by atoms with E-state index in [1.165, 1.54) is 0 Å². The molecule has 1 aromatic carbocycles. The second-order valence-electron chi connectivity index (χ2n) is 4.59. The fourth-order valence-electron chi connectivity index (χ4n) is 2.28. The van der Waals surface area contributed by atoms with E-state index in [9.17, 15) is 9.59 Å². The first-order valence-electron chi connectivity index (χ1n) is 6.08. The smallest absolute Gasteiger partial charge is 0.256 e. The number of H-pyrrole nitrogens is 1. The van der Waals surface area contributed by atoms with Gasteiger partial charge in [0, 0.05) is 39.1 Å². The molecule has 2 amide bonds. The highest BCUT2D eigenvalue weighted by Gasteiger charge is 2.24. The Morgan fingerprint density at radius 3 is 2.75 bits per heavy atom. The van der Waals surface area contributed by atoms with Gasteiger partial charge in [-0.3, -0.25) is 9.59 Å². The van der Waals surface area contributed by atoms with E-state index < -0.39 is 0 Å². The molecule has 5 nitrogen and oxygen atoms in total. The van der Waals surface area contributed by atoms with E-state index in [4.69, 9.17) is 0 Å². The number of fused-ring (bicyclic) bond motifs is 1. The molecule has 0 unspecified atom stereocenters. The van der Waals surface area contributed by atoms with Gasteiger partial charge >= 0.3 is 0 Å². The number of carbonyl (C=O) groups excluding carboxylic acids is 2. The molecule has 0 saturated carbocycles. The van der Waals surface area contributed by atoms with Crippen molar-refractivity contribution >= 4 is 54.6 Å². The number of rotatable bonds is 1. The highest BCUT2D eigenvalue weighted by molar-refractivity contribution is 9.13. The van der Waals surface area contributed by atoms with Crippen molar-refractivity contribution in [3.05, 3.63) is 32.8 Å². The Hall–Kier alpha value is -1.34. The molecule has 0 spiro atoms. The maximum Gasteiger partial charge on any atom is 0.256 e. The van der Waals surface area contributed by atoms with E-state index in [0.29, 0.717) is 18.7 Å². The number of aromatic amines is 1. The predicted molar refractivity (Wildman–Crippen MR) is 82.6 cm³/mol. The molecular formula is C13H11Br2N3O2. The molecule has 1 aliphatic rings. The van der Waals surface area contributed by atoms with Crippen molar-refractivity contribution in [3.8, 4) is 0 Å². The summed E-state index contributed by atoms with van der Waals surface area (Å²) in [6, 6.07) is 3.81. The molecule has 0 radical (unpaired) electrons. The molecule has 7 heteroatoms. The number of hydrogen-bond donors (Lipinski definition) is 2. The number of aromatic nitrogens is 1. The van der Waals surface area contributed by atoms with Crippen LogP contribution in [0.25, 0.3) is 10.9 Å². The Kier molecular flexibility index (Phi) is 3.55. The van der Waals surface area contributed by atoms with Crippen molar-refractivity contribution in [2.45, 2.75) is 0 Å². The second kappa shape index (κ2) is 5.21. The highest BCUT2D eigenvalue weighted by atomic mass is 79.9. The van der Waals surface area contributed by atoms with Crippen molar-refractivity contribution in [3.63, 3.8) is 0 Å². The van der Waals surface area contributed by atoms with E-state index >= 15 is 0 Å². The third-order valence-electron chi connectivity index (χ3n) is 3.28. The summed E-state index contributed by atoms with van der Waals surface area (Å²) in [5, 5.41) is 3.56. The average Bonchev–Trinajstić information content (AvgIpc) is 2.81. The molecule has 2 N–H and O–H groups in total. The maximum absolute atomic E-state index is 12.5. The SMILES string of the molecule is O=C1CN(C(=O)c2c[nH]c3cc(Br)c(Br)cc23)CCN1. The third kappa shape index (κ3) is 2.35. The van der Waals surface area contributed by atoms with Crippen molar-refractivity contribution in [2.24, 2.45) is 0 Å². The van der Waals surface area contributed by atoms with Crippen molar-refractivity contribution in [1.29, 1.82) is 0 Å². The molecule has 3 rings (SSSR count). The lowest BCUT2D eigenvalue weighted by atomic mass is 10.1. The highest BCUT2D eigenvalue weighted by Crippen LogP contribution is 2.30. The minimum absolute atomic E-state index is 0.114. The second-order valence-corrected chi connectivity index (χ2v) is 6.30. The molecule has 1 fully saturated rings. The van der Waals surface area contributed by atoms with Gasteiger partial charge in [-0.05, 0) is 44.0 Å². The van der Waals surface area contributed by atoms with E-state index in [1.807, 2.05) is 12.1 Å². The summed E-state index contributed by atoms with van der Waals surface area (Å²) < 4.78 is 1.80. The van der Waals surface area contributed by atoms with Crippen LogP contribution in [0.2, 0.25) is 0 Å². The van der Waals surface area contributed by atoms with Gasteiger partial charge < -0.3 is 15.2 Å². The van der Waals surface area contributed by atoms with Crippen LogP contribution < -0.4 is 5.32 Å². The lowest BCUT2D eigenvalue weighted by Gasteiger charge is -2.26. The molecule has 2 aromatic rings. The molecule has 0 atom stereocenters. The Balaban J connectivity index is 1.99. The van der Waals surface area contributed by atoms with Crippen molar-refractivity contribution in [1.82, 2.24) is 15.2 Å². The minimum atomic E-state index is -0.125. The van der Waals surface area contributed by atoms with Crippen molar-refractivity contribution < 1.29 is 9.59 Å². The molecule has 1 aromatic heterocycles. The van der Waals surface area contributed by atoms with Gasteiger partial charge in [0.2, 0.25) is 5.91 Å². The topological polar surface area (TPSA) is 65.2 Å². The predicted octanol–water partition coefficient (Wildman–Crippen LogP) is 2.26. The van der Waals surface area contributed by atoms with Gasteiger partial charge in [0.15, 0.2) is 0 Å². The summed E-state index contributed by atoms with van der Waals surface area (Å²) in [6.07, 6.45) is 1.69. The summed E-state index contributed by atoms with van der Waals surface area (Å²) in [5.74, 6) is -0.242. The minimum Gasteiger partial charge on any atom is -0.360 e. The van der Waals surface area contributed by atoms with Gasteiger partial charge in [0.1, 0.15) is 0 Å². The van der Waals surface area contributed by atoms with E-state index in [2.05, 4.69) is 42.2 Å². The largest absolute Gasteiger partial charge is 0.360 e. The van der Waals surface area contributed by atoms with Crippen LogP contribution in [0.4, 0.5) is 0 Å². The van der Waals surface area contributed by atoms with Gasteiger partial charge in [-0.1, -0.05) is 0 Å². The van der Waals surface area contributed by atoms with Crippen molar-refractivity contribution in [2.75, 3.05) is 19.6 Å². The first-order chi connectivity index (χ1) is 9.56. The number of nitrogens with zero attached hydrogens (tertiary/aromatic N) is 1. The first-order valence-corrected chi connectivity index (χ1v) is 7.67. The monoisotopic (exact) mass is 399 g/mol. The zero-order chi connectivity index (χ0) is 14.3. The van der Waals surface area contributed by atoms with E-state index in [1.54, 1.807) is 11.1 Å². The fraction of sp³-hybridized carbons (Fsp3) is 0.231. The number of nitrogens with one attached hydrogen (secondary N) is 2. The Morgan fingerprint density at radius 1 is 1.25 bits per heavy atom. The number of halogens is 2. The zero-order valence-corrected chi connectivity index (χ0v) is 13.5. The molecule has 20 heavy (non-hydrogen) atoms. The lowest BCUT2D eigenvalue weighted by Crippen LogP contribution is -2.49. The van der Waals surface area contributed by atoms with Crippen LogP contribution in [-0.2, 0) is 4.79 Å².